The number of aromatic nitrogens is 1. The molecule has 0 spiro atoms. The third kappa shape index (κ3) is 3.26. The molecular weight excluding hydrogens is 291 g/mol. The lowest BCUT2D eigenvalue weighted by Crippen LogP contribution is -2.41. The summed E-state index contributed by atoms with van der Waals surface area (Å²) in [7, 11) is 0. The van der Waals surface area contributed by atoms with Crippen LogP contribution in [0.5, 0.6) is 0 Å². The molecule has 1 amide bonds. The van der Waals surface area contributed by atoms with Crippen LogP contribution >= 0.6 is 0 Å². The highest BCUT2D eigenvalue weighted by Gasteiger charge is 2.27. The standard InChI is InChI=1S/C19H25FN2O/c1-3-13(4-2)19(23)22-9-7-14(8-10-22)18-12-15-11-16(20)5-6-17(15)21-18/h5-6,11-14,21H,3-4,7-10H2,1-2H3. The molecule has 1 N–H and O–H groups in total. The molecule has 0 saturated carbocycles. The van der Waals surface area contributed by atoms with Crippen LogP contribution in [-0.2, 0) is 4.79 Å². The van der Waals surface area contributed by atoms with Gasteiger partial charge in [-0.05, 0) is 49.9 Å². The number of benzene rings is 1. The zero-order valence-corrected chi connectivity index (χ0v) is 13.9. The van der Waals surface area contributed by atoms with Gasteiger partial charge in [0.05, 0.1) is 0 Å². The zero-order valence-electron chi connectivity index (χ0n) is 13.9. The minimum atomic E-state index is -0.200. The van der Waals surface area contributed by atoms with Crippen LogP contribution in [0.3, 0.4) is 0 Å². The van der Waals surface area contributed by atoms with Gasteiger partial charge in [0.15, 0.2) is 0 Å². The summed E-state index contributed by atoms with van der Waals surface area (Å²) in [6.07, 6.45) is 3.79. The predicted octanol–water partition coefficient (Wildman–Crippen LogP) is 4.45. The second kappa shape index (κ2) is 6.73. The molecule has 3 rings (SSSR count). The molecule has 1 aliphatic heterocycles. The van der Waals surface area contributed by atoms with Crippen molar-refractivity contribution in [3.8, 4) is 0 Å². The second-order valence-corrected chi connectivity index (χ2v) is 6.57. The maximum absolute atomic E-state index is 13.3. The van der Waals surface area contributed by atoms with Crippen molar-refractivity contribution >= 4 is 16.8 Å². The Morgan fingerprint density at radius 3 is 2.61 bits per heavy atom. The molecule has 1 saturated heterocycles. The third-order valence-corrected chi connectivity index (χ3v) is 5.18. The Morgan fingerprint density at radius 1 is 1.26 bits per heavy atom. The first-order valence-corrected chi connectivity index (χ1v) is 8.69. The fraction of sp³-hybridized carbons (Fsp3) is 0.526. The van der Waals surface area contributed by atoms with E-state index in [1.165, 1.54) is 11.8 Å². The molecule has 0 atom stereocenters. The monoisotopic (exact) mass is 316 g/mol. The first-order chi connectivity index (χ1) is 11.1. The predicted molar refractivity (Wildman–Crippen MR) is 90.9 cm³/mol. The molecule has 4 heteroatoms. The first kappa shape index (κ1) is 16.0. The van der Waals surface area contributed by atoms with Gasteiger partial charge < -0.3 is 9.88 Å². The van der Waals surface area contributed by atoms with Gasteiger partial charge in [-0.1, -0.05) is 13.8 Å². The SMILES string of the molecule is CCC(CC)C(=O)N1CCC(c2cc3cc(F)ccc3[nH]2)CC1. The Morgan fingerprint density at radius 2 is 1.96 bits per heavy atom. The van der Waals surface area contributed by atoms with Crippen molar-refractivity contribution in [2.24, 2.45) is 5.92 Å². The van der Waals surface area contributed by atoms with Crippen molar-refractivity contribution in [1.29, 1.82) is 0 Å². The van der Waals surface area contributed by atoms with Crippen molar-refractivity contribution in [3.63, 3.8) is 0 Å². The van der Waals surface area contributed by atoms with Crippen LogP contribution < -0.4 is 0 Å². The Balaban J connectivity index is 1.67. The minimum absolute atomic E-state index is 0.169. The molecular formula is C19H25FN2O. The van der Waals surface area contributed by atoms with Gasteiger partial charge in [0.2, 0.25) is 5.91 Å². The molecule has 1 aromatic heterocycles. The van der Waals surface area contributed by atoms with Gasteiger partial charge in [-0.3, -0.25) is 4.79 Å². The summed E-state index contributed by atoms with van der Waals surface area (Å²) in [5, 5.41) is 0.926. The maximum Gasteiger partial charge on any atom is 0.225 e. The molecule has 1 aliphatic rings. The van der Waals surface area contributed by atoms with E-state index in [1.807, 2.05) is 4.90 Å². The zero-order chi connectivity index (χ0) is 16.4. The summed E-state index contributed by atoms with van der Waals surface area (Å²) >= 11 is 0. The summed E-state index contributed by atoms with van der Waals surface area (Å²) in [4.78, 5) is 17.9. The molecule has 0 unspecified atom stereocenters. The minimum Gasteiger partial charge on any atom is -0.358 e. The van der Waals surface area contributed by atoms with Gasteiger partial charge >= 0.3 is 0 Å². The number of carbonyl (C=O) groups is 1. The number of H-pyrrole nitrogens is 1. The van der Waals surface area contributed by atoms with Crippen molar-refractivity contribution in [2.75, 3.05) is 13.1 Å². The van der Waals surface area contributed by atoms with Crippen LogP contribution in [0.1, 0.15) is 51.1 Å². The van der Waals surface area contributed by atoms with Crippen LogP contribution in [0.15, 0.2) is 24.3 Å². The number of aromatic amines is 1. The Bertz CT molecular complexity index is 682. The quantitative estimate of drug-likeness (QED) is 0.889. The number of fused-ring (bicyclic) bond motifs is 1. The van der Waals surface area contributed by atoms with E-state index in [4.69, 9.17) is 0 Å². The molecule has 0 aliphatic carbocycles. The van der Waals surface area contributed by atoms with E-state index < -0.39 is 0 Å². The smallest absolute Gasteiger partial charge is 0.225 e. The van der Waals surface area contributed by atoms with Gasteiger partial charge in [0.1, 0.15) is 5.82 Å². The lowest BCUT2D eigenvalue weighted by atomic mass is 9.92. The van der Waals surface area contributed by atoms with Crippen molar-refractivity contribution in [3.05, 3.63) is 35.8 Å². The number of amides is 1. The van der Waals surface area contributed by atoms with E-state index in [9.17, 15) is 9.18 Å². The normalized spacial score (nSPS) is 16.4. The molecule has 1 fully saturated rings. The lowest BCUT2D eigenvalue weighted by molar-refractivity contribution is -0.136. The number of halogens is 1. The van der Waals surface area contributed by atoms with Crippen molar-refractivity contribution < 1.29 is 9.18 Å². The van der Waals surface area contributed by atoms with Gasteiger partial charge in [-0.2, -0.15) is 0 Å². The largest absolute Gasteiger partial charge is 0.358 e. The molecule has 2 heterocycles. The fourth-order valence-electron chi connectivity index (χ4n) is 3.65. The van der Waals surface area contributed by atoms with Crippen molar-refractivity contribution in [1.82, 2.24) is 9.88 Å². The van der Waals surface area contributed by atoms with Crippen LogP contribution in [0.4, 0.5) is 4.39 Å². The molecule has 1 aromatic carbocycles. The van der Waals surface area contributed by atoms with Crippen LogP contribution in [-0.4, -0.2) is 28.9 Å². The summed E-state index contributed by atoms with van der Waals surface area (Å²) < 4.78 is 13.3. The third-order valence-electron chi connectivity index (χ3n) is 5.18. The van der Waals surface area contributed by atoms with E-state index in [0.29, 0.717) is 11.8 Å². The molecule has 3 nitrogen and oxygen atoms in total. The highest BCUT2D eigenvalue weighted by Crippen LogP contribution is 2.31. The molecule has 23 heavy (non-hydrogen) atoms. The van der Waals surface area contributed by atoms with E-state index in [1.54, 1.807) is 12.1 Å². The number of hydrogen-bond donors (Lipinski definition) is 1. The molecule has 0 bridgehead atoms. The highest BCUT2D eigenvalue weighted by molar-refractivity contribution is 5.81. The fourth-order valence-corrected chi connectivity index (χ4v) is 3.65. The number of nitrogens with zero attached hydrogens (tertiary/aromatic N) is 1. The lowest BCUT2D eigenvalue weighted by Gasteiger charge is -2.33. The van der Waals surface area contributed by atoms with Crippen LogP contribution in [0, 0.1) is 11.7 Å². The average Bonchev–Trinajstić information content (AvgIpc) is 2.99. The van der Waals surface area contributed by atoms with Gasteiger partial charge in [-0.15, -0.1) is 0 Å². The topological polar surface area (TPSA) is 36.1 Å². The maximum atomic E-state index is 13.3. The van der Waals surface area contributed by atoms with E-state index in [0.717, 1.165) is 49.7 Å². The Kier molecular flexibility index (Phi) is 4.69. The van der Waals surface area contributed by atoms with E-state index in [-0.39, 0.29) is 11.7 Å². The van der Waals surface area contributed by atoms with Crippen LogP contribution in [0.2, 0.25) is 0 Å². The summed E-state index contributed by atoms with van der Waals surface area (Å²) in [5.41, 5.74) is 2.15. The van der Waals surface area contributed by atoms with E-state index >= 15 is 0 Å². The second-order valence-electron chi connectivity index (χ2n) is 6.57. The highest BCUT2D eigenvalue weighted by atomic mass is 19.1. The summed E-state index contributed by atoms with van der Waals surface area (Å²) in [6.45, 7) is 5.82. The van der Waals surface area contributed by atoms with Gasteiger partial charge in [0, 0.05) is 41.5 Å². The number of hydrogen-bond acceptors (Lipinski definition) is 1. The number of likely N-dealkylation sites (tertiary alicyclic amines) is 1. The van der Waals surface area contributed by atoms with Crippen LogP contribution in [0.25, 0.3) is 10.9 Å². The Labute approximate surface area is 136 Å². The Hall–Kier alpha value is -1.84. The number of rotatable bonds is 4. The summed E-state index contributed by atoms with van der Waals surface area (Å²) in [5.74, 6) is 0.708. The van der Waals surface area contributed by atoms with Crippen molar-refractivity contribution in [2.45, 2.75) is 45.4 Å². The number of piperidine rings is 1. The van der Waals surface area contributed by atoms with Gasteiger partial charge in [-0.25, -0.2) is 4.39 Å². The van der Waals surface area contributed by atoms with E-state index in [2.05, 4.69) is 24.9 Å². The number of nitrogens with one attached hydrogen (secondary N) is 1. The number of carbonyl (C=O) groups excluding carboxylic acids is 1. The molecule has 2 aromatic rings. The average molecular weight is 316 g/mol. The molecule has 124 valence electrons. The molecule has 0 radical (unpaired) electrons. The summed E-state index contributed by atoms with van der Waals surface area (Å²) in [6, 6.07) is 6.90. The first-order valence-electron chi connectivity index (χ1n) is 8.69. The van der Waals surface area contributed by atoms with Gasteiger partial charge in [0.25, 0.3) is 0 Å².